The first-order valence-electron chi connectivity index (χ1n) is 7.34. The van der Waals surface area contributed by atoms with Gasteiger partial charge in [-0.05, 0) is 42.0 Å². The highest BCUT2D eigenvalue weighted by molar-refractivity contribution is 5.75. The fourth-order valence-electron chi connectivity index (χ4n) is 2.88. The average molecular weight is 281 g/mol. The van der Waals surface area contributed by atoms with E-state index in [0.29, 0.717) is 5.69 Å². The van der Waals surface area contributed by atoms with Crippen LogP contribution in [0.3, 0.4) is 0 Å². The molecule has 1 atom stereocenters. The topological polar surface area (TPSA) is 52.3 Å². The van der Waals surface area contributed by atoms with Gasteiger partial charge in [-0.3, -0.25) is 4.79 Å². The van der Waals surface area contributed by atoms with E-state index < -0.39 is 0 Å². The van der Waals surface area contributed by atoms with Gasteiger partial charge in [-0.15, -0.1) is 0 Å². The lowest BCUT2D eigenvalue weighted by Gasteiger charge is -2.25. The maximum atomic E-state index is 12.2. The van der Waals surface area contributed by atoms with Crippen LogP contribution in [0.15, 0.2) is 48.5 Å². The molecule has 2 N–H and O–H groups in total. The number of rotatable bonds is 3. The van der Waals surface area contributed by atoms with Crippen molar-refractivity contribution in [3.63, 3.8) is 0 Å². The number of ether oxygens (including phenoxy) is 1. The van der Waals surface area contributed by atoms with E-state index in [9.17, 15) is 4.79 Å². The van der Waals surface area contributed by atoms with Crippen molar-refractivity contribution in [3.8, 4) is 0 Å². The Morgan fingerprint density at radius 1 is 1.14 bits per heavy atom. The molecule has 3 nitrogen and oxygen atoms in total. The molecule has 3 heteroatoms. The number of fused-ring (bicyclic) bond motifs is 1. The molecule has 0 aliphatic heterocycles. The first kappa shape index (κ1) is 13.7. The van der Waals surface area contributed by atoms with E-state index >= 15 is 0 Å². The Kier molecular flexibility index (Phi) is 3.91. The highest BCUT2D eigenvalue weighted by Crippen LogP contribution is 2.32. The second-order valence-electron chi connectivity index (χ2n) is 5.45. The Hall–Kier alpha value is -2.29. The number of anilines is 1. The highest BCUT2D eigenvalue weighted by Gasteiger charge is 2.23. The number of nitrogens with two attached hydrogens (primary N) is 1. The molecule has 1 unspecified atom stereocenters. The minimum absolute atomic E-state index is 0.118. The van der Waals surface area contributed by atoms with Gasteiger partial charge in [0.1, 0.15) is 6.10 Å². The summed E-state index contributed by atoms with van der Waals surface area (Å²) in [4.78, 5) is 12.2. The Labute approximate surface area is 124 Å². The summed E-state index contributed by atoms with van der Waals surface area (Å²) in [6, 6.07) is 15.6. The number of benzene rings is 2. The Morgan fingerprint density at radius 2 is 1.90 bits per heavy atom. The number of nitrogen functional groups attached to an aromatic ring is 1. The number of carbonyl (C=O) groups excluding carboxylic acids is 1. The summed E-state index contributed by atoms with van der Waals surface area (Å²) in [5.41, 5.74) is 9.78. The molecule has 1 aliphatic rings. The average Bonchev–Trinajstić information content (AvgIpc) is 2.50. The lowest BCUT2D eigenvalue weighted by molar-refractivity contribution is -0.149. The fraction of sp³-hybridized carbons (Fsp3) is 0.278. The summed E-state index contributed by atoms with van der Waals surface area (Å²) in [7, 11) is 0. The number of carbonyl (C=O) groups is 1. The Morgan fingerprint density at radius 3 is 2.76 bits per heavy atom. The summed E-state index contributed by atoms with van der Waals surface area (Å²) in [5.74, 6) is -0.213. The summed E-state index contributed by atoms with van der Waals surface area (Å²) >= 11 is 0. The molecule has 0 bridgehead atoms. The molecule has 2 aromatic rings. The van der Waals surface area contributed by atoms with E-state index in [2.05, 4.69) is 12.1 Å². The van der Waals surface area contributed by atoms with Crippen LogP contribution in [0.25, 0.3) is 0 Å². The van der Waals surface area contributed by atoms with Gasteiger partial charge in [0.2, 0.25) is 0 Å². The third-order valence-corrected chi connectivity index (χ3v) is 3.98. The van der Waals surface area contributed by atoms with Gasteiger partial charge in [-0.2, -0.15) is 0 Å². The normalized spacial score (nSPS) is 17.0. The number of hydrogen-bond acceptors (Lipinski definition) is 3. The van der Waals surface area contributed by atoms with E-state index in [1.165, 1.54) is 5.56 Å². The first-order chi connectivity index (χ1) is 10.2. The predicted molar refractivity (Wildman–Crippen MR) is 82.8 cm³/mol. The van der Waals surface area contributed by atoms with Crippen LogP contribution in [0.4, 0.5) is 5.69 Å². The van der Waals surface area contributed by atoms with Crippen LogP contribution < -0.4 is 5.73 Å². The zero-order valence-corrected chi connectivity index (χ0v) is 11.9. The van der Waals surface area contributed by atoms with Gasteiger partial charge in [-0.1, -0.05) is 42.5 Å². The van der Waals surface area contributed by atoms with Crippen LogP contribution in [-0.4, -0.2) is 5.97 Å². The van der Waals surface area contributed by atoms with Crippen LogP contribution in [0.2, 0.25) is 0 Å². The summed E-state index contributed by atoms with van der Waals surface area (Å²) in [6.45, 7) is 0. The van der Waals surface area contributed by atoms with Crippen molar-refractivity contribution >= 4 is 11.7 Å². The molecule has 21 heavy (non-hydrogen) atoms. The maximum Gasteiger partial charge on any atom is 0.310 e. The van der Waals surface area contributed by atoms with Gasteiger partial charge in [0.15, 0.2) is 0 Å². The van der Waals surface area contributed by atoms with Crippen LogP contribution in [0.1, 0.15) is 35.6 Å². The van der Waals surface area contributed by atoms with Gasteiger partial charge in [-0.25, -0.2) is 0 Å². The Balaban J connectivity index is 1.70. The van der Waals surface area contributed by atoms with E-state index in [1.807, 2.05) is 30.3 Å². The number of esters is 1. The molecule has 0 radical (unpaired) electrons. The molecule has 1 aliphatic carbocycles. The van der Waals surface area contributed by atoms with Crippen LogP contribution >= 0.6 is 0 Å². The number of para-hydroxylation sites is 1. The summed E-state index contributed by atoms with van der Waals surface area (Å²) in [6.07, 6.45) is 3.13. The van der Waals surface area contributed by atoms with E-state index in [1.54, 1.807) is 6.07 Å². The predicted octanol–water partition coefficient (Wildman–Crippen LogP) is 3.43. The number of aryl methyl sites for hydroxylation is 1. The second kappa shape index (κ2) is 6.00. The highest BCUT2D eigenvalue weighted by atomic mass is 16.5. The molecular formula is C18H19NO2. The van der Waals surface area contributed by atoms with Gasteiger partial charge < -0.3 is 10.5 Å². The molecule has 108 valence electrons. The Bertz CT molecular complexity index is 651. The molecule has 2 aromatic carbocycles. The van der Waals surface area contributed by atoms with E-state index in [0.717, 1.165) is 30.4 Å². The molecule has 0 amide bonds. The van der Waals surface area contributed by atoms with Gasteiger partial charge in [0.05, 0.1) is 6.42 Å². The summed E-state index contributed by atoms with van der Waals surface area (Å²) in [5, 5.41) is 0. The van der Waals surface area contributed by atoms with Crippen molar-refractivity contribution in [3.05, 3.63) is 65.2 Å². The lowest BCUT2D eigenvalue weighted by Crippen LogP contribution is -2.18. The van der Waals surface area contributed by atoms with Crippen molar-refractivity contribution in [1.29, 1.82) is 0 Å². The third-order valence-electron chi connectivity index (χ3n) is 3.98. The third kappa shape index (κ3) is 3.07. The van der Waals surface area contributed by atoms with Crippen molar-refractivity contribution in [2.75, 3.05) is 5.73 Å². The zero-order chi connectivity index (χ0) is 14.7. The van der Waals surface area contributed by atoms with Crippen molar-refractivity contribution in [1.82, 2.24) is 0 Å². The quantitative estimate of drug-likeness (QED) is 0.692. The molecule has 0 aromatic heterocycles. The standard InChI is InChI=1S/C18H19NO2/c19-16-10-4-2-7-14(16)12-18(20)21-17-11-5-8-13-6-1-3-9-15(13)17/h1-4,6-7,9-10,17H,5,8,11-12,19H2. The summed E-state index contributed by atoms with van der Waals surface area (Å²) < 4.78 is 5.68. The minimum Gasteiger partial charge on any atom is -0.457 e. The van der Waals surface area contributed by atoms with Crippen molar-refractivity contribution in [2.24, 2.45) is 0 Å². The zero-order valence-electron chi connectivity index (χ0n) is 11.9. The van der Waals surface area contributed by atoms with E-state index in [4.69, 9.17) is 10.5 Å². The van der Waals surface area contributed by atoms with Crippen molar-refractivity contribution < 1.29 is 9.53 Å². The smallest absolute Gasteiger partial charge is 0.310 e. The van der Waals surface area contributed by atoms with Gasteiger partial charge in [0, 0.05) is 5.69 Å². The molecular weight excluding hydrogens is 262 g/mol. The molecule has 0 fully saturated rings. The van der Waals surface area contributed by atoms with Crippen LogP contribution in [-0.2, 0) is 22.4 Å². The SMILES string of the molecule is Nc1ccccc1CC(=O)OC1CCCc2ccccc21. The number of hydrogen-bond donors (Lipinski definition) is 1. The fourth-order valence-corrected chi connectivity index (χ4v) is 2.88. The monoisotopic (exact) mass is 281 g/mol. The molecule has 0 heterocycles. The van der Waals surface area contributed by atoms with E-state index in [-0.39, 0.29) is 18.5 Å². The molecule has 0 saturated heterocycles. The van der Waals surface area contributed by atoms with Crippen molar-refractivity contribution in [2.45, 2.75) is 31.8 Å². The minimum atomic E-state index is -0.213. The molecule has 0 spiro atoms. The molecule has 3 rings (SSSR count). The van der Waals surface area contributed by atoms with Crippen LogP contribution in [0, 0.1) is 0 Å². The van der Waals surface area contributed by atoms with Crippen LogP contribution in [0.5, 0.6) is 0 Å². The maximum absolute atomic E-state index is 12.2. The van der Waals surface area contributed by atoms with Gasteiger partial charge >= 0.3 is 5.97 Å². The first-order valence-corrected chi connectivity index (χ1v) is 7.34. The molecule has 0 saturated carbocycles. The largest absolute Gasteiger partial charge is 0.457 e. The lowest BCUT2D eigenvalue weighted by atomic mass is 9.89. The second-order valence-corrected chi connectivity index (χ2v) is 5.45. The van der Waals surface area contributed by atoms with Gasteiger partial charge in [0.25, 0.3) is 0 Å².